The number of hydrogen-bond donors (Lipinski definition) is 2. The fourth-order valence-electron chi connectivity index (χ4n) is 2.01. The lowest BCUT2D eigenvalue weighted by atomic mass is 9.96. The largest absolute Gasteiger partial charge is 0.466 e. The van der Waals surface area contributed by atoms with Crippen LogP contribution in [0.4, 0.5) is 4.79 Å². The number of carbonyl (C=O) groups excluding carboxylic acids is 2. The van der Waals surface area contributed by atoms with Gasteiger partial charge in [-0.3, -0.25) is 0 Å². The van der Waals surface area contributed by atoms with Crippen molar-refractivity contribution in [1.82, 2.24) is 10.6 Å². The van der Waals surface area contributed by atoms with Crippen molar-refractivity contribution in [3.05, 3.63) is 44.7 Å². The Morgan fingerprint density at radius 3 is 2.79 bits per heavy atom. The van der Waals surface area contributed by atoms with E-state index in [0.717, 1.165) is 9.13 Å². The molecule has 2 rings (SSSR count). The lowest BCUT2D eigenvalue weighted by Crippen LogP contribution is -2.45. The maximum atomic E-state index is 11.9. The zero-order chi connectivity index (χ0) is 14.0. The topological polar surface area (TPSA) is 67.4 Å². The molecular formula is C13H13IN2O3. The molecule has 0 aliphatic carbocycles. The summed E-state index contributed by atoms with van der Waals surface area (Å²) in [4.78, 5) is 23.5. The van der Waals surface area contributed by atoms with Crippen LogP contribution in [0.1, 0.15) is 18.5 Å². The molecule has 0 fully saturated rings. The number of urea groups is 1. The molecule has 1 atom stereocenters. The Kier molecular flexibility index (Phi) is 4.08. The molecule has 0 bridgehead atoms. The van der Waals surface area contributed by atoms with Gasteiger partial charge in [0.05, 0.1) is 18.7 Å². The number of rotatable bonds is 2. The number of ether oxygens (including phenoxy) is 1. The number of halogens is 1. The van der Waals surface area contributed by atoms with E-state index in [1.807, 2.05) is 24.3 Å². The highest BCUT2D eigenvalue weighted by molar-refractivity contribution is 14.1. The van der Waals surface area contributed by atoms with Crippen LogP contribution in [0.25, 0.3) is 0 Å². The van der Waals surface area contributed by atoms with Crippen LogP contribution < -0.4 is 10.6 Å². The summed E-state index contributed by atoms with van der Waals surface area (Å²) >= 11 is 2.19. The van der Waals surface area contributed by atoms with Crippen LogP contribution in [-0.4, -0.2) is 19.1 Å². The van der Waals surface area contributed by atoms with Gasteiger partial charge in [0.25, 0.3) is 0 Å². The van der Waals surface area contributed by atoms with Crippen LogP contribution >= 0.6 is 22.6 Å². The fraction of sp³-hybridized carbons (Fsp3) is 0.231. The molecule has 1 heterocycles. The second-order valence-electron chi connectivity index (χ2n) is 4.12. The average molecular weight is 372 g/mol. The van der Waals surface area contributed by atoms with Crippen LogP contribution in [0.2, 0.25) is 0 Å². The SMILES string of the molecule is COC(=O)C1=C(C)NC(=O)N[C@H]1c1cccc(I)c1. The van der Waals surface area contributed by atoms with E-state index < -0.39 is 12.0 Å². The lowest BCUT2D eigenvalue weighted by molar-refractivity contribution is -0.136. The predicted molar refractivity (Wildman–Crippen MR) is 78.3 cm³/mol. The number of benzene rings is 1. The van der Waals surface area contributed by atoms with Gasteiger partial charge in [0.15, 0.2) is 0 Å². The van der Waals surface area contributed by atoms with Crippen molar-refractivity contribution in [3.8, 4) is 0 Å². The maximum absolute atomic E-state index is 11.9. The van der Waals surface area contributed by atoms with Crippen molar-refractivity contribution >= 4 is 34.6 Å². The third-order valence-electron chi connectivity index (χ3n) is 2.86. The lowest BCUT2D eigenvalue weighted by Gasteiger charge is -2.27. The highest BCUT2D eigenvalue weighted by atomic mass is 127. The molecule has 1 aromatic rings. The van der Waals surface area contributed by atoms with Crippen molar-refractivity contribution in [1.29, 1.82) is 0 Å². The van der Waals surface area contributed by atoms with Gasteiger partial charge in [-0.2, -0.15) is 0 Å². The molecular weight excluding hydrogens is 359 g/mol. The Bertz CT molecular complexity index is 569. The number of hydrogen-bond acceptors (Lipinski definition) is 3. The van der Waals surface area contributed by atoms with Crippen LogP contribution in [0, 0.1) is 3.57 Å². The minimum atomic E-state index is -0.490. The molecule has 0 spiro atoms. The summed E-state index contributed by atoms with van der Waals surface area (Å²) in [5.41, 5.74) is 1.78. The van der Waals surface area contributed by atoms with Gasteiger partial charge < -0.3 is 15.4 Å². The molecule has 0 saturated carbocycles. The maximum Gasteiger partial charge on any atom is 0.337 e. The number of allylic oxidation sites excluding steroid dienone is 1. The van der Waals surface area contributed by atoms with Crippen molar-refractivity contribution in [2.45, 2.75) is 13.0 Å². The minimum Gasteiger partial charge on any atom is -0.466 e. The Balaban J connectivity index is 2.49. The predicted octanol–water partition coefficient (Wildman–Crippen LogP) is 2.09. The number of esters is 1. The zero-order valence-electron chi connectivity index (χ0n) is 10.5. The van der Waals surface area contributed by atoms with Crippen molar-refractivity contribution in [2.75, 3.05) is 7.11 Å². The zero-order valence-corrected chi connectivity index (χ0v) is 12.6. The number of methoxy groups -OCH3 is 1. The molecule has 0 aromatic heterocycles. The molecule has 0 unspecified atom stereocenters. The number of amides is 2. The van der Waals surface area contributed by atoms with E-state index >= 15 is 0 Å². The Hall–Kier alpha value is -1.57. The van der Waals surface area contributed by atoms with Gasteiger partial charge in [0.1, 0.15) is 0 Å². The summed E-state index contributed by atoms with van der Waals surface area (Å²) in [6.45, 7) is 1.69. The molecule has 1 aromatic carbocycles. The molecule has 19 heavy (non-hydrogen) atoms. The van der Waals surface area contributed by atoms with E-state index in [4.69, 9.17) is 4.74 Å². The molecule has 2 N–H and O–H groups in total. The van der Waals surface area contributed by atoms with Crippen LogP contribution in [0.15, 0.2) is 35.5 Å². The number of carbonyl (C=O) groups is 2. The van der Waals surface area contributed by atoms with Crippen molar-refractivity contribution in [3.63, 3.8) is 0 Å². The summed E-state index contributed by atoms with van der Waals surface area (Å²) in [5.74, 6) is -0.450. The molecule has 6 heteroatoms. The van der Waals surface area contributed by atoms with E-state index in [-0.39, 0.29) is 6.03 Å². The normalized spacial score (nSPS) is 18.7. The second-order valence-corrected chi connectivity index (χ2v) is 5.36. The first-order valence-electron chi connectivity index (χ1n) is 5.65. The monoisotopic (exact) mass is 372 g/mol. The summed E-state index contributed by atoms with van der Waals surface area (Å²) in [6, 6.07) is 6.81. The van der Waals surface area contributed by atoms with Crippen molar-refractivity contribution < 1.29 is 14.3 Å². The van der Waals surface area contributed by atoms with Gasteiger partial charge >= 0.3 is 12.0 Å². The van der Waals surface area contributed by atoms with E-state index in [1.165, 1.54) is 7.11 Å². The molecule has 100 valence electrons. The van der Waals surface area contributed by atoms with Crippen LogP contribution in [0.5, 0.6) is 0 Å². The smallest absolute Gasteiger partial charge is 0.337 e. The molecule has 5 nitrogen and oxygen atoms in total. The summed E-state index contributed by atoms with van der Waals surface area (Å²) in [6.07, 6.45) is 0. The third kappa shape index (κ3) is 2.89. The summed E-state index contributed by atoms with van der Waals surface area (Å²) in [7, 11) is 1.32. The fourth-order valence-corrected chi connectivity index (χ4v) is 2.58. The molecule has 0 saturated heterocycles. The van der Waals surface area contributed by atoms with Gasteiger partial charge in [-0.05, 0) is 47.2 Å². The van der Waals surface area contributed by atoms with Crippen molar-refractivity contribution in [2.24, 2.45) is 0 Å². The molecule has 2 amide bonds. The van der Waals surface area contributed by atoms with Gasteiger partial charge in [0, 0.05) is 9.27 Å². The minimum absolute atomic E-state index is 0.325. The molecule has 1 aliphatic heterocycles. The first-order valence-corrected chi connectivity index (χ1v) is 6.73. The van der Waals surface area contributed by atoms with Crippen LogP contribution in [-0.2, 0) is 9.53 Å². The van der Waals surface area contributed by atoms with Crippen LogP contribution in [0.3, 0.4) is 0 Å². The standard InChI is InChI=1S/C13H13IN2O3/c1-7-10(12(17)19-2)11(16-13(18)15-7)8-4-3-5-9(14)6-8/h3-6,11H,1-2H3,(H2,15,16,18)/t11-/m0/s1. The first-order chi connectivity index (χ1) is 9.02. The average Bonchev–Trinajstić information content (AvgIpc) is 2.37. The third-order valence-corrected chi connectivity index (χ3v) is 3.53. The molecule has 0 radical (unpaired) electrons. The van der Waals surface area contributed by atoms with Gasteiger partial charge in [-0.15, -0.1) is 0 Å². The highest BCUT2D eigenvalue weighted by Gasteiger charge is 2.31. The number of nitrogens with one attached hydrogen (secondary N) is 2. The quantitative estimate of drug-likeness (QED) is 0.617. The Labute approximate surface area is 124 Å². The molecule has 1 aliphatic rings. The van der Waals surface area contributed by atoms with Gasteiger partial charge in [-0.1, -0.05) is 12.1 Å². The summed E-state index contributed by atoms with van der Waals surface area (Å²) in [5, 5.41) is 5.33. The van der Waals surface area contributed by atoms with E-state index in [1.54, 1.807) is 6.92 Å². The van der Waals surface area contributed by atoms with E-state index in [2.05, 4.69) is 33.2 Å². The Morgan fingerprint density at radius 1 is 1.42 bits per heavy atom. The Morgan fingerprint density at radius 2 is 2.16 bits per heavy atom. The highest BCUT2D eigenvalue weighted by Crippen LogP contribution is 2.28. The second kappa shape index (κ2) is 5.60. The van der Waals surface area contributed by atoms with E-state index in [0.29, 0.717) is 11.3 Å². The van der Waals surface area contributed by atoms with Gasteiger partial charge in [-0.25, -0.2) is 9.59 Å². The van der Waals surface area contributed by atoms with E-state index in [9.17, 15) is 9.59 Å². The first kappa shape index (κ1) is 13.9. The van der Waals surface area contributed by atoms with Gasteiger partial charge in [0.2, 0.25) is 0 Å². The summed E-state index contributed by atoms with van der Waals surface area (Å²) < 4.78 is 5.82.